The first-order valence-corrected chi connectivity index (χ1v) is 8.95. The van der Waals surface area contributed by atoms with Gasteiger partial charge in [-0.2, -0.15) is 0 Å². The van der Waals surface area contributed by atoms with Crippen molar-refractivity contribution in [1.29, 1.82) is 0 Å². The van der Waals surface area contributed by atoms with E-state index in [0.717, 1.165) is 22.2 Å². The molecule has 1 fully saturated rings. The number of benzene rings is 3. The van der Waals surface area contributed by atoms with Crippen LogP contribution in [0.4, 0.5) is 0 Å². The molecule has 0 amide bonds. The third kappa shape index (κ3) is 3.00. The maximum Gasteiger partial charge on any atom is 0.494 e. The Bertz CT molecular complexity index is 878. The van der Waals surface area contributed by atoms with E-state index in [-0.39, 0.29) is 7.12 Å². The molecular formula is C23H21BO2. The van der Waals surface area contributed by atoms with E-state index >= 15 is 0 Å². The van der Waals surface area contributed by atoms with Gasteiger partial charge in [-0.25, -0.2) is 0 Å². The fourth-order valence-electron chi connectivity index (χ4n) is 3.62. The van der Waals surface area contributed by atoms with Crippen molar-refractivity contribution in [3.63, 3.8) is 0 Å². The van der Waals surface area contributed by atoms with Crippen LogP contribution < -0.4 is 5.46 Å². The van der Waals surface area contributed by atoms with Crippen LogP contribution in [0.3, 0.4) is 0 Å². The Kier molecular flexibility index (Phi) is 4.74. The maximum absolute atomic E-state index is 6.64. The lowest BCUT2D eigenvalue weighted by Crippen LogP contribution is -2.36. The number of allylic oxidation sites excluding steroid dienone is 1. The summed E-state index contributed by atoms with van der Waals surface area (Å²) in [6.07, 6.45) is 2.14. The maximum atomic E-state index is 6.64. The van der Waals surface area contributed by atoms with Gasteiger partial charge in [-0.1, -0.05) is 97.1 Å². The smallest absolute Gasteiger partial charge is 0.404 e. The first-order valence-electron chi connectivity index (χ1n) is 8.95. The number of rotatable bonds is 4. The fraction of sp³-hybridized carbons (Fsp3) is 0.130. The van der Waals surface area contributed by atoms with E-state index in [1.807, 2.05) is 42.5 Å². The molecule has 2 nitrogen and oxygen atoms in total. The molecule has 0 saturated carbocycles. The number of hydrogen-bond acceptors (Lipinski definition) is 2. The topological polar surface area (TPSA) is 18.5 Å². The van der Waals surface area contributed by atoms with Gasteiger partial charge < -0.3 is 9.31 Å². The molecule has 1 atom stereocenters. The average molecular weight is 340 g/mol. The van der Waals surface area contributed by atoms with E-state index in [9.17, 15) is 0 Å². The van der Waals surface area contributed by atoms with Crippen molar-refractivity contribution in [2.24, 2.45) is 0 Å². The quantitative estimate of drug-likeness (QED) is 0.654. The predicted octanol–water partition coefficient (Wildman–Crippen LogP) is 4.43. The van der Waals surface area contributed by atoms with E-state index in [4.69, 9.17) is 9.31 Å². The highest BCUT2D eigenvalue weighted by Gasteiger charge is 2.48. The lowest BCUT2D eigenvalue weighted by atomic mass is 9.77. The third-order valence-corrected chi connectivity index (χ3v) is 4.87. The summed E-state index contributed by atoms with van der Waals surface area (Å²) in [6, 6.07) is 30.9. The predicted molar refractivity (Wildman–Crippen MR) is 107 cm³/mol. The van der Waals surface area contributed by atoms with Crippen molar-refractivity contribution in [3.8, 4) is 0 Å². The Labute approximate surface area is 155 Å². The Balaban J connectivity index is 1.80. The molecule has 0 radical (unpaired) electrons. The summed E-state index contributed by atoms with van der Waals surface area (Å²) in [5.74, 6) is 0. The van der Waals surface area contributed by atoms with Gasteiger partial charge >= 0.3 is 7.12 Å². The SMILES string of the molecule is C/C=C(\c1ccccc1)C1(c2ccccc2)COB(c2ccccc2)O1. The van der Waals surface area contributed by atoms with Gasteiger partial charge in [-0.05, 0) is 29.1 Å². The van der Waals surface area contributed by atoms with Crippen LogP contribution in [0, 0.1) is 0 Å². The lowest BCUT2D eigenvalue weighted by Gasteiger charge is -2.32. The highest BCUT2D eigenvalue weighted by atomic mass is 16.7. The highest BCUT2D eigenvalue weighted by Crippen LogP contribution is 2.43. The van der Waals surface area contributed by atoms with Gasteiger partial charge in [0.25, 0.3) is 0 Å². The van der Waals surface area contributed by atoms with Gasteiger partial charge in [-0.3, -0.25) is 0 Å². The molecule has 1 unspecified atom stereocenters. The van der Waals surface area contributed by atoms with Crippen LogP contribution in [0.15, 0.2) is 97.1 Å². The highest BCUT2D eigenvalue weighted by molar-refractivity contribution is 6.62. The molecule has 0 aromatic heterocycles. The van der Waals surface area contributed by atoms with Crippen LogP contribution in [0.1, 0.15) is 18.1 Å². The zero-order chi connectivity index (χ0) is 17.8. The van der Waals surface area contributed by atoms with Gasteiger partial charge in [0.2, 0.25) is 0 Å². The second-order valence-corrected chi connectivity index (χ2v) is 6.43. The van der Waals surface area contributed by atoms with Gasteiger partial charge in [0, 0.05) is 0 Å². The zero-order valence-corrected chi connectivity index (χ0v) is 14.8. The minimum absolute atomic E-state index is 0.380. The Morgan fingerprint density at radius 1 is 0.846 bits per heavy atom. The van der Waals surface area contributed by atoms with Crippen LogP contribution in [0.2, 0.25) is 0 Å². The van der Waals surface area contributed by atoms with Crippen molar-refractivity contribution in [3.05, 3.63) is 108 Å². The van der Waals surface area contributed by atoms with Crippen LogP contribution in [0.25, 0.3) is 5.57 Å². The van der Waals surface area contributed by atoms with E-state index in [1.54, 1.807) is 0 Å². The fourth-order valence-corrected chi connectivity index (χ4v) is 3.62. The van der Waals surface area contributed by atoms with E-state index in [0.29, 0.717) is 6.61 Å². The van der Waals surface area contributed by atoms with Gasteiger partial charge in [0.05, 0.1) is 6.61 Å². The summed E-state index contributed by atoms with van der Waals surface area (Å²) in [7, 11) is -0.380. The van der Waals surface area contributed by atoms with Gasteiger partial charge in [0.1, 0.15) is 5.60 Å². The molecule has 0 N–H and O–H groups in total. The largest absolute Gasteiger partial charge is 0.494 e. The molecule has 3 aromatic rings. The van der Waals surface area contributed by atoms with Crippen molar-refractivity contribution >= 4 is 18.2 Å². The van der Waals surface area contributed by atoms with E-state index < -0.39 is 5.60 Å². The van der Waals surface area contributed by atoms with E-state index in [2.05, 4.69) is 61.5 Å². The molecule has 3 heteroatoms. The molecule has 0 spiro atoms. The standard InChI is InChI=1S/C23H21BO2/c1-2-22(19-12-6-3-7-13-19)23(20-14-8-4-9-15-20)18-25-24(26-23)21-16-10-5-11-17-21/h2-17H,18H2,1H3/b22-2+. The van der Waals surface area contributed by atoms with Crippen LogP contribution in [-0.2, 0) is 14.9 Å². The summed E-state index contributed by atoms with van der Waals surface area (Å²) in [5.41, 5.74) is 3.79. The molecule has 1 heterocycles. The van der Waals surface area contributed by atoms with Gasteiger partial charge in [-0.15, -0.1) is 0 Å². The van der Waals surface area contributed by atoms with Crippen LogP contribution in [-0.4, -0.2) is 13.7 Å². The van der Waals surface area contributed by atoms with E-state index in [1.165, 1.54) is 0 Å². The Morgan fingerprint density at radius 3 is 2.04 bits per heavy atom. The van der Waals surface area contributed by atoms with Crippen molar-refractivity contribution in [2.45, 2.75) is 12.5 Å². The summed E-state index contributed by atoms with van der Waals surface area (Å²) in [6.45, 7) is 2.54. The summed E-state index contributed by atoms with van der Waals surface area (Å²) < 4.78 is 12.8. The van der Waals surface area contributed by atoms with Gasteiger partial charge in [0.15, 0.2) is 0 Å². The minimum atomic E-state index is -0.627. The number of hydrogen-bond donors (Lipinski definition) is 0. The second kappa shape index (κ2) is 7.32. The molecule has 128 valence electrons. The minimum Gasteiger partial charge on any atom is -0.404 e. The molecule has 0 bridgehead atoms. The third-order valence-electron chi connectivity index (χ3n) is 4.87. The Hall–Kier alpha value is -2.62. The molecule has 3 aromatic carbocycles. The molecule has 1 aliphatic rings. The Morgan fingerprint density at radius 2 is 1.42 bits per heavy atom. The molecular weight excluding hydrogens is 319 g/mol. The summed E-state index contributed by atoms with van der Waals surface area (Å²) >= 11 is 0. The molecule has 4 rings (SSSR count). The van der Waals surface area contributed by atoms with Crippen LogP contribution >= 0.6 is 0 Å². The summed E-state index contributed by atoms with van der Waals surface area (Å²) in [5, 5.41) is 0. The first-order chi connectivity index (χ1) is 12.8. The first kappa shape index (κ1) is 16.8. The average Bonchev–Trinajstić information content (AvgIpc) is 3.17. The monoisotopic (exact) mass is 340 g/mol. The zero-order valence-electron chi connectivity index (χ0n) is 14.8. The summed E-state index contributed by atoms with van der Waals surface area (Å²) in [4.78, 5) is 0. The molecule has 1 aliphatic heterocycles. The molecule has 1 saturated heterocycles. The lowest BCUT2D eigenvalue weighted by molar-refractivity contribution is 0.160. The van der Waals surface area contributed by atoms with Crippen molar-refractivity contribution in [1.82, 2.24) is 0 Å². The normalized spacial score (nSPS) is 20.3. The van der Waals surface area contributed by atoms with Crippen molar-refractivity contribution in [2.75, 3.05) is 6.61 Å². The molecule has 0 aliphatic carbocycles. The van der Waals surface area contributed by atoms with Crippen LogP contribution in [0.5, 0.6) is 0 Å². The second-order valence-electron chi connectivity index (χ2n) is 6.43. The molecule has 26 heavy (non-hydrogen) atoms. The van der Waals surface area contributed by atoms with Crippen molar-refractivity contribution < 1.29 is 9.31 Å².